The van der Waals surface area contributed by atoms with Gasteiger partial charge in [0.25, 0.3) is 0 Å². The van der Waals surface area contributed by atoms with E-state index in [1.165, 1.54) is 11.3 Å². The van der Waals surface area contributed by atoms with Gasteiger partial charge in [-0.05, 0) is 55.7 Å². The van der Waals surface area contributed by atoms with Crippen LogP contribution >= 0.6 is 15.9 Å². The average molecular weight is 354 g/mol. The van der Waals surface area contributed by atoms with E-state index < -0.39 is 0 Å². The van der Waals surface area contributed by atoms with E-state index in [2.05, 4.69) is 50.9 Å². The van der Waals surface area contributed by atoms with Gasteiger partial charge in [0, 0.05) is 24.6 Å². The smallest absolute Gasteiger partial charge is 0.105 e. The minimum Gasteiger partial charge on any atom is -0.469 e. The number of aryl methyl sites for hydroxylation is 3. The molecule has 2 aromatic heterocycles. The van der Waals surface area contributed by atoms with Crippen LogP contribution in [0.25, 0.3) is 0 Å². The summed E-state index contributed by atoms with van der Waals surface area (Å²) in [5, 5.41) is 8.21. The highest BCUT2D eigenvalue weighted by Gasteiger charge is 2.21. The van der Waals surface area contributed by atoms with E-state index in [1.807, 2.05) is 13.8 Å². The second-order valence-electron chi connectivity index (χ2n) is 5.30. The van der Waals surface area contributed by atoms with Gasteiger partial charge in [-0.2, -0.15) is 5.10 Å². The number of nitrogens with one attached hydrogen (secondary N) is 1. The van der Waals surface area contributed by atoms with Crippen molar-refractivity contribution in [3.05, 3.63) is 39.5 Å². The Bertz CT molecular complexity index is 588. The molecule has 5 heteroatoms. The lowest BCUT2D eigenvalue weighted by Gasteiger charge is -2.19. The van der Waals surface area contributed by atoms with Crippen molar-refractivity contribution in [2.24, 2.45) is 0 Å². The van der Waals surface area contributed by atoms with E-state index in [4.69, 9.17) is 4.42 Å². The summed E-state index contributed by atoms with van der Waals surface area (Å²) in [4.78, 5) is 0. The first-order valence-corrected chi connectivity index (χ1v) is 8.36. The highest BCUT2D eigenvalue weighted by molar-refractivity contribution is 9.10. The van der Waals surface area contributed by atoms with Crippen LogP contribution in [-0.2, 0) is 13.0 Å². The fourth-order valence-corrected chi connectivity index (χ4v) is 3.07. The molecule has 0 spiro atoms. The molecule has 0 aromatic carbocycles. The third-order valence-corrected chi connectivity index (χ3v) is 4.80. The Kier molecular flexibility index (Phi) is 5.65. The van der Waals surface area contributed by atoms with Crippen LogP contribution in [0.3, 0.4) is 0 Å². The molecule has 0 aliphatic carbocycles. The van der Waals surface area contributed by atoms with Crippen LogP contribution in [0.5, 0.6) is 0 Å². The number of rotatable bonds is 7. The summed E-state index contributed by atoms with van der Waals surface area (Å²) in [7, 11) is 0. The predicted molar refractivity (Wildman–Crippen MR) is 88.5 cm³/mol. The maximum absolute atomic E-state index is 5.48. The minimum absolute atomic E-state index is 0.251. The summed E-state index contributed by atoms with van der Waals surface area (Å²) in [5.41, 5.74) is 3.52. The molecule has 1 unspecified atom stereocenters. The second kappa shape index (κ2) is 7.27. The van der Waals surface area contributed by atoms with Crippen LogP contribution < -0.4 is 5.32 Å². The number of nitrogens with zero attached hydrogens (tertiary/aromatic N) is 2. The highest BCUT2D eigenvalue weighted by atomic mass is 79.9. The molecule has 2 heterocycles. The van der Waals surface area contributed by atoms with Gasteiger partial charge in [-0.3, -0.25) is 4.68 Å². The summed E-state index contributed by atoms with van der Waals surface area (Å²) in [6, 6.07) is 2.32. The normalized spacial score (nSPS) is 12.8. The molecular formula is C16H24BrN3O. The lowest BCUT2D eigenvalue weighted by Crippen LogP contribution is -2.25. The SMILES string of the molecule is CCCNC(Cc1c(Br)c(C)nn1CC)c1ccoc1C. The summed E-state index contributed by atoms with van der Waals surface area (Å²) < 4.78 is 8.68. The van der Waals surface area contributed by atoms with Gasteiger partial charge < -0.3 is 9.73 Å². The maximum atomic E-state index is 5.48. The fraction of sp³-hybridized carbons (Fsp3) is 0.562. The van der Waals surface area contributed by atoms with Crippen LogP contribution in [0.2, 0.25) is 0 Å². The van der Waals surface area contributed by atoms with Crippen molar-refractivity contribution in [3.63, 3.8) is 0 Å². The third kappa shape index (κ3) is 3.58. The monoisotopic (exact) mass is 353 g/mol. The quantitative estimate of drug-likeness (QED) is 0.812. The zero-order chi connectivity index (χ0) is 15.4. The zero-order valence-electron chi connectivity index (χ0n) is 13.2. The largest absolute Gasteiger partial charge is 0.469 e. The molecule has 0 saturated carbocycles. The summed E-state index contributed by atoms with van der Waals surface area (Å²) >= 11 is 3.69. The molecule has 0 saturated heterocycles. The number of halogens is 1. The fourth-order valence-electron chi connectivity index (χ4n) is 2.62. The molecule has 4 nitrogen and oxygen atoms in total. The maximum Gasteiger partial charge on any atom is 0.105 e. The molecule has 116 valence electrons. The van der Waals surface area contributed by atoms with E-state index in [0.29, 0.717) is 0 Å². The van der Waals surface area contributed by atoms with Crippen molar-refractivity contribution in [2.45, 2.75) is 53.1 Å². The Morgan fingerprint density at radius 2 is 2.14 bits per heavy atom. The van der Waals surface area contributed by atoms with Gasteiger partial charge in [0.05, 0.1) is 22.1 Å². The van der Waals surface area contributed by atoms with E-state index in [9.17, 15) is 0 Å². The lowest BCUT2D eigenvalue weighted by molar-refractivity contribution is 0.480. The molecule has 0 fully saturated rings. The van der Waals surface area contributed by atoms with E-state index in [1.54, 1.807) is 6.26 Å². The molecule has 0 radical (unpaired) electrons. The van der Waals surface area contributed by atoms with Crippen molar-refractivity contribution in [1.82, 2.24) is 15.1 Å². The Morgan fingerprint density at radius 3 is 2.71 bits per heavy atom. The van der Waals surface area contributed by atoms with Crippen LogP contribution in [0, 0.1) is 13.8 Å². The van der Waals surface area contributed by atoms with E-state index in [-0.39, 0.29) is 6.04 Å². The first-order chi connectivity index (χ1) is 10.1. The van der Waals surface area contributed by atoms with Gasteiger partial charge in [-0.15, -0.1) is 0 Å². The Balaban J connectivity index is 2.29. The van der Waals surface area contributed by atoms with Crippen LogP contribution in [0.15, 0.2) is 21.2 Å². The van der Waals surface area contributed by atoms with E-state index >= 15 is 0 Å². The topological polar surface area (TPSA) is 43.0 Å². The highest BCUT2D eigenvalue weighted by Crippen LogP contribution is 2.28. The summed E-state index contributed by atoms with van der Waals surface area (Å²) in [5.74, 6) is 0.985. The van der Waals surface area contributed by atoms with Crippen LogP contribution in [0.1, 0.15) is 49.0 Å². The Hall–Kier alpha value is -1.07. The average Bonchev–Trinajstić information content (AvgIpc) is 3.01. The number of hydrogen-bond acceptors (Lipinski definition) is 3. The number of furan rings is 1. The number of hydrogen-bond donors (Lipinski definition) is 1. The molecule has 0 aliphatic heterocycles. The molecule has 0 aliphatic rings. The van der Waals surface area contributed by atoms with Gasteiger partial charge in [-0.1, -0.05) is 6.92 Å². The first-order valence-electron chi connectivity index (χ1n) is 7.57. The minimum atomic E-state index is 0.251. The number of aromatic nitrogens is 2. The van der Waals surface area contributed by atoms with Crippen molar-refractivity contribution < 1.29 is 4.42 Å². The van der Waals surface area contributed by atoms with Gasteiger partial charge in [0.1, 0.15) is 5.76 Å². The standard InChI is InChI=1S/C16H24BrN3O/c1-5-8-18-14(13-7-9-21-12(13)4)10-15-16(17)11(3)19-20(15)6-2/h7,9,14,18H,5-6,8,10H2,1-4H3. The van der Waals surface area contributed by atoms with Gasteiger partial charge in [0.2, 0.25) is 0 Å². The summed E-state index contributed by atoms with van der Waals surface area (Å²) in [6.45, 7) is 10.2. The molecule has 0 amide bonds. The molecule has 2 rings (SSSR count). The van der Waals surface area contributed by atoms with Crippen LogP contribution in [0.4, 0.5) is 0 Å². The predicted octanol–water partition coefficient (Wildman–Crippen LogP) is 4.16. The molecular weight excluding hydrogens is 330 g/mol. The van der Waals surface area contributed by atoms with Gasteiger partial charge in [0.15, 0.2) is 0 Å². The zero-order valence-corrected chi connectivity index (χ0v) is 14.8. The first kappa shape index (κ1) is 16.3. The molecule has 1 N–H and O–H groups in total. The molecule has 21 heavy (non-hydrogen) atoms. The van der Waals surface area contributed by atoms with Crippen molar-refractivity contribution in [3.8, 4) is 0 Å². The Morgan fingerprint density at radius 1 is 1.38 bits per heavy atom. The Labute approximate surface area is 135 Å². The summed E-state index contributed by atoms with van der Waals surface area (Å²) in [6.07, 6.45) is 3.78. The van der Waals surface area contributed by atoms with Crippen molar-refractivity contribution >= 4 is 15.9 Å². The van der Waals surface area contributed by atoms with E-state index in [0.717, 1.165) is 41.9 Å². The molecule has 2 aromatic rings. The second-order valence-corrected chi connectivity index (χ2v) is 6.10. The molecule has 1 atom stereocenters. The van der Waals surface area contributed by atoms with Gasteiger partial charge >= 0.3 is 0 Å². The van der Waals surface area contributed by atoms with Crippen LogP contribution in [-0.4, -0.2) is 16.3 Å². The molecule has 0 bridgehead atoms. The van der Waals surface area contributed by atoms with Crippen molar-refractivity contribution in [2.75, 3.05) is 6.54 Å². The third-order valence-electron chi connectivity index (χ3n) is 3.77. The van der Waals surface area contributed by atoms with Gasteiger partial charge in [-0.25, -0.2) is 0 Å². The van der Waals surface area contributed by atoms with Crippen molar-refractivity contribution in [1.29, 1.82) is 0 Å². The lowest BCUT2D eigenvalue weighted by atomic mass is 10.0.